The lowest BCUT2D eigenvalue weighted by Crippen LogP contribution is -1.89. The lowest BCUT2D eigenvalue weighted by Gasteiger charge is -1.91. The van der Waals surface area contributed by atoms with Gasteiger partial charge in [-0.3, -0.25) is 4.79 Å². The van der Waals surface area contributed by atoms with Crippen molar-refractivity contribution in [2.75, 3.05) is 5.73 Å². The number of rotatable bonds is 4. The Kier molecular flexibility index (Phi) is 3.21. The molecule has 6 heteroatoms. The van der Waals surface area contributed by atoms with E-state index in [1.54, 1.807) is 5.38 Å². The zero-order chi connectivity index (χ0) is 8.81. The summed E-state index contributed by atoms with van der Waals surface area (Å²) in [7, 11) is 0. The number of hydrogen-bond acceptors (Lipinski definition) is 6. The summed E-state index contributed by atoms with van der Waals surface area (Å²) < 4.78 is 0. The van der Waals surface area contributed by atoms with Gasteiger partial charge in [0.15, 0.2) is 11.7 Å². The van der Waals surface area contributed by atoms with E-state index < -0.39 is 0 Å². The van der Waals surface area contributed by atoms with Gasteiger partial charge in [0.2, 0.25) is 6.29 Å². The van der Waals surface area contributed by atoms with Gasteiger partial charge in [0, 0.05) is 5.38 Å². The molecule has 5 nitrogen and oxygen atoms in total. The molecule has 63 valence electrons. The normalized spacial score (nSPS) is 10.3. The lowest BCUT2D eigenvalue weighted by molar-refractivity contribution is 0.130. The SMILES string of the molecule is Nc1nc(CON=C[C]=O)cs1. The molecule has 0 aliphatic heterocycles. The predicted octanol–water partition coefficient (Wildman–Crippen LogP) is 0.337. The van der Waals surface area contributed by atoms with Crippen molar-refractivity contribution >= 4 is 29.0 Å². The van der Waals surface area contributed by atoms with E-state index in [1.807, 2.05) is 0 Å². The Balaban J connectivity index is 2.33. The summed E-state index contributed by atoms with van der Waals surface area (Å²) in [6.45, 7) is 0.214. The Morgan fingerprint density at radius 1 is 1.92 bits per heavy atom. The lowest BCUT2D eigenvalue weighted by atomic mass is 10.5. The molecule has 0 unspecified atom stereocenters. The number of aromatic nitrogens is 1. The summed E-state index contributed by atoms with van der Waals surface area (Å²) in [5, 5.41) is 5.51. The highest BCUT2D eigenvalue weighted by Gasteiger charge is 1.97. The first-order valence-electron chi connectivity index (χ1n) is 3.04. The van der Waals surface area contributed by atoms with E-state index in [0.29, 0.717) is 10.8 Å². The third kappa shape index (κ3) is 2.67. The number of hydrogen-bond donors (Lipinski definition) is 1. The van der Waals surface area contributed by atoms with Gasteiger partial charge in [0.05, 0.1) is 5.69 Å². The van der Waals surface area contributed by atoms with E-state index in [1.165, 1.54) is 17.6 Å². The number of nitrogens with two attached hydrogens (primary N) is 1. The van der Waals surface area contributed by atoms with Crippen molar-refractivity contribution < 1.29 is 9.63 Å². The van der Waals surface area contributed by atoms with Crippen LogP contribution in [-0.4, -0.2) is 17.5 Å². The van der Waals surface area contributed by atoms with E-state index in [2.05, 4.69) is 15.0 Å². The molecule has 2 N–H and O–H groups in total. The van der Waals surface area contributed by atoms with E-state index in [4.69, 9.17) is 5.73 Å². The highest BCUT2D eigenvalue weighted by atomic mass is 32.1. The smallest absolute Gasteiger partial charge is 0.248 e. The Bertz CT molecular complexity index is 284. The number of nitrogens with zero attached hydrogens (tertiary/aromatic N) is 2. The quantitative estimate of drug-likeness (QED) is 0.540. The van der Waals surface area contributed by atoms with Gasteiger partial charge in [-0.1, -0.05) is 5.16 Å². The van der Waals surface area contributed by atoms with Crippen LogP contribution in [0.4, 0.5) is 5.13 Å². The highest BCUT2D eigenvalue weighted by Crippen LogP contribution is 2.11. The maximum atomic E-state index is 9.63. The summed E-state index contributed by atoms with van der Waals surface area (Å²) in [6.07, 6.45) is 2.35. The third-order valence-corrected chi connectivity index (χ3v) is 1.68. The van der Waals surface area contributed by atoms with Gasteiger partial charge >= 0.3 is 0 Å². The monoisotopic (exact) mass is 184 g/mol. The van der Waals surface area contributed by atoms with Crippen LogP contribution in [-0.2, 0) is 16.2 Å². The minimum Gasteiger partial charge on any atom is -0.389 e. The fraction of sp³-hybridized carbons (Fsp3) is 0.167. The fourth-order valence-corrected chi connectivity index (χ4v) is 1.10. The molecular formula is C6H6N3O2S. The summed E-state index contributed by atoms with van der Waals surface area (Å²) in [5.41, 5.74) is 6.06. The van der Waals surface area contributed by atoms with Crippen LogP contribution < -0.4 is 5.73 Å². The van der Waals surface area contributed by atoms with Gasteiger partial charge in [-0.15, -0.1) is 11.3 Å². The summed E-state index contributed by atoms with van der Waals surface area (Å²) >= 11 is 1.33. The van der Waals surface area contributed by atoms with Crippen LogP contribution >= 0.6 is 11.3 Å². The Labute approximate surface area is 72.9 Å². The highest BCUT2D eigenvalue weighted by molar-refractivity contribution is 7.13. The van der Waals surface area contributed by atoms with Gasteiger partial charge in [0.25, 0.3) is 0 Å². The standard InChI is InChI=1S/C6H6N3O2S/c7-6-9-5(4-12-6)3-11-8-1-2-10/h1,4H,3H2,(H2,7,9). The summed E-state index contributed by atoms with van der Waals surface area (Å²) in [4.78, 5) is 18.2. The molecule has 1 heterocycles. The number of anilines is 1. The molecule has 0 amide bonds. The van der Waals surface area contributed by atoms with Gasteiger partial charge in [0.1, 0.15) is 6.21 Å². The zero-order valence-corrected chi connectivity index (χ0v) is 6.87. The summed E-state index contributed by atoms with van der Waals surface area (Å²) in [6, 6.07) is 0. The molecule has 0 aliphatic carbocycles. The van der Waals surface area contributed by atoms with Crippen LogP contribution in [0, 0.1) is 0 Å². The van der Waals surface area contributed by atoms with E-state index in [-0.39, 0.29) is 6.61 Å². The van der Waals surface area contributed by atoms with Crippen LogP contribution in [0.2, 0.25) is 0 Å². The molecule has 1 rings (SSSR count). The fourth-order valence-electron chi connectivity index (χ4n) is 0.551. The molecule has 0 saturated carbocycles. The minimum absolute atomic E-state index is 0.214. The molecular weight excluding hydrogens is 178 g/mol. The number of oxime groups is 1. The third-order valence-electron chi connectivity index (χ3n) is 0.962. The Morgan fingerprint density at radius 3 is 3.33 bits per heavy atom. The Hall–Kier alpha value is -1.43. The average Bonchev–Trinajstić information content (AvgIpc) is 2.45. The van der Waals surface area contributed by atoms with Crippen molar-refractivity contribution in [1.82, 2.24) is 4.98 Å². The average molecular weight is 184 g/mol. The van der Waals surface area contributed by atoms with Crippen molar-refractivity contribution in [3.8, 4) is 0 Å². The van der Waals surface area contributed by atoms with E-state index >= 15 is 0 Å². The first-order valence-corrected chi connectivity index (χ1v) is 3.92. The van der Waals surface area contributed by atoms with Crippen molar-refractivity contribution in [2.24, 2.45) is 5.16 Å². The molecule has 0 bridgehead atoms. The topological polar surface area (TPSA) is 77.6 Å². The second-order valence-corrected chi connectivity index (χ2v) is 2.69. The molecule has 0 saturated heterocycles. The van der Waals surface area contributed by atoms with Crippen molar-refractivity contribution in [3.05, 3.63) is 11.1 Å². The molecule has 12 heavy (non-hydrogen) atoms. The van der Waals surface area contributed by atoms with Gasteiger partial charge in [-0.2, -0.15) is 0 Å². The van der Waals surface area contributed by atoms with Crippen LogP contribution in [0.1, 0.15) is 5.69 Å². The predicted molar refractivity (Wildman–Crippen MR) is 45.5 cm³/mol. The second-order valence-electron chi connectivity index (χ2n) is 1.80. The van der Waals surface area contributed by atoms with Gasteiger partial charge in [-0.25, -0.2) is 4.98 Å². The largest absolute Gasteiger partial charge is 0.389 e. The van der Waals surface area contributed by atoms with E-state index in [9.17, 15) is 4.79 Å². The molecule has 0 aromatic carbocycles. The number of nitrogen functional groups attached to an aromatic ring is 1. The number of carbonyl (C=O) groups excluding carboxylic acids is 1. The second kappa shape index (κ2) is 4.45. The number of thiazole rings is 1. The van der Waals surface area contributed by atoms with Crippen LogP contribution in [0.3, 0.4) is 0 Å². The van der Waals surface area contributed by atoms with Gasteiger partial charge < -0.3 is 10.6 Å². The molecule has 1 aromatic rings. The van der Waals surface area contributed by atoms with Crippen LogP contribution in [0.25, 0.3) is 0 Å². The maximum absolute atomic E-state index is 9.63. The molecule has 0 spiro atoms. The molecule has 0 atom stereocenters. The molecule has 1 radical (unpaired) electrons. The summed E-state index contributed by atoms with van der Waals surface area (Å²) in [5.74, 6) is 0. The molecule has 0 aliphatic rings. The van der Waals surface area contributed by atoms with Crippen LogP contribution in [0.5, 0.6) is 0 Å². The van der Waals surface area contributed by atoms with Crippen molar-refractivity contribution in [3.63, 3.8) is 0 Å². The van der Waals surface area contributed by atoms with Crippen LogP contribution in [0.15, 0.2) is 10.5 Å². The first kappa shape index (κ1) is 8.66. The van der Waals surface area contributed by atoms with E-state index in [0.717, 1.165) is 6.21 Å². The maximum Gasteiger partial charge on any atom is 0.248 e. The first-order chi connectivity index (χ1) is 5.83. The Morgan fingerprint density at radius 2 is 2.75 bits per heavy atom. The molecule has 0 fully saturated rings. The molecule has 1 aromatic heterocycles. The van der Waals surface area contributed by atoms with Crippen molar-refractivity contribution in [1.29, 1.82) is 0 Å². The minimum atomic E-state index is 0.214. The van der Waals surface area contributed by atoms with Gasteiger partial charge in [-0.05, 0) is 0 Å². The zero-order valence-electron chi connectivity index (χ0n) is 6.06. The van der Waals surface area contributed by atoms with Crippen molar-refractivity contribution in [2.45, 2.75) is 6.61 Å².